The number of likely N-dealkylation sites (N-methyl/N-ethyl adjacent to an activating group) is 2. The molecule has 0 amide bonds. The van der Waals surface area contributed by atoms with Gasteiger partial charge in [0.2, 0.25) is 11.5 Å². The molecule has 0 fully saturated rings. The number of ether oxygens (including phenoxy) is 5. The minimum atomic E-state index is -0.159. The number of rotatable bonds is 3. The van der Waals surface area contributed by atoms with Crippen molar-refractivity contribution in [1.82, 2.24) is 9.80 Å². The zero-order chi connectivity index (χ0) is 31.9. The lowest BCUT2D eigenvalue weighted by Crippen LogP contribution is -2.34. The second kappa shape index (κ2) is 10.7. The molecule has 0 saturated heterocycles. The molecule has 46 heavy (non-hydrogen) atoms. The van der Waals surface area contributed by atoms with Gasteiger partial charge in [0.1, 0.15) is 5.75 Å². The summed E-state index contributed by atoms with van der Waals surface area (Å²) in [4.78, 5) is 4.67. The van der Waals surface area contributed by atoms with E-state index in [0.717, 1.165) is 59.3 Å². The number of hydrogen-bond donors (Lipinski definition) is 2. The highest BCUT2D eigenvalue weighted by Crippen LogP contribution is 2.60. The van der Waals surface area contributed by atoms with Gasteiger partial charge in [0.25, 0.3) is 0 Å². The third-order valence-electron chi connectivity index (χ3n) is 10.3. The smallest absolute Gasteiger partial charge is 0.216 e. The lowest BCUT2D eigenvalue weighted by atomic mass is 9.85. The normalized spacial score (nSPS) is 19.7. The fourth-order valence-corrected chi connectivity index (χ4v) is 7.86. The van der Waals surface area contributed by atoms with Crippen molar-refractivity contribution in [2.24, 2.45) is 0 Å². The number of benzene rings is 4. The molecule has 9 nitrogen and oxygen atoms in total. The zero-order valence-electron chi connectivity index (χ0n) is 26.8. The SMILES string of the molecule is COc1ccc2cc1-c1cc(cc(O)c1O)C[C@H]1c3cc4c(cc3CCN1C)Oc1c(OC)c(OC)c3c(c1O4)[C@H](C2)N(C)CC3. The number of phenols is 2. The molecule has 0 saturated carbocycles. The van der Waals surface area contributed by atoms with Crippen LogP contribution in [-0.4, -0.2) is 68.5 Å². The Labute approximate surface area is 268 Å². The summed E-state index contributed by atoms with van der Waals surface area (Å²) in [5.41, 5.74) is 7.62. The summed E-state index contributed by atoms with van der Waals surface area (Å²) in [7, 11) is 9.19. The van der Waals surface area contributed by atoms with Crippen molar-refractivity contribution in [3.8, 4) is 62.9 Å². The van der Waals surface area contributed by atoms with Crippen LogP contribution >= 0.6 is 0 Å². The van der Waals surface area contributed by atoms with Crippen molar-refractivity contribution in [3.63, 3.8) is 0 Å². The van der Waals surface area contributed by atoms with Gasteiger partial charge in [-0.25, -0.2) is 0 Å². The van der Waals surface area contributed by atoms with Crippen LogP contribution in [-0.2, 0) is 25.7 Å². The van der Waals surface area contributed by atoms with E-state index in [1.807, 2.05) is 12.1 Å². The monoisotopic (exact) mass is 622 g/mol. The van der Waals surface area contributed by atoms with Gasteiger partial charge in [-0.3, -0.25) is 9.80 Å². The highest BCUT2D eigenvalue weighted by Gasteiger charge is 2.40. The van der Waals surface area contributed by atoms with Crippen molar-refractivity contribution in [1.29, 1.82) is 0 Å². The van der Waals surface area contributed by atoms with Gasteiger partial charge in [0, 0.05) is 47.4 Å². The molecule has 4 aliphatic heterocycles. The van der Waals surface area contributed by atoms with E-state index in [1.165, 1.54) is 5.56 Å². The maximum atomic E-state index is 11.2. The van der Waals surface area contributed by atoms with E-state index in [1.54, 1.807) is 27.4 Å². The average molecular weight is 623 g/mol. The van der Waals surface area contributed by atoms with Crippen molar-refractivity contribution in [3.05, 3.63) is 75.8 Å². The zero-order valence-corrected chi connectivity index (χ0v) is 26.8. The number of nitrogens with zero attached hydrogens (tertiary/aromatic N) is 2. The molecule has 4 aliphatic rings. The van der Waals surface area contributed by atoms with E-state index in [2.05, 4.69) is 48.2 Å². The first kappa shape index (κ1) is 28.8. The van der Waals surface area contributed by atoms with Gasteiger partial charge >= 0.3 is 0 Å². The lowest BCUT2D eigenvalue weighted by Gasteiger charge is -2.39. The third-order valence-corrected chi connectivity index (χ3v) is 10.3. The molecule has 0 unspecified atom stereocenters. The molecule has 238 valence electrons. The topological polar surface area (TPSA) is 93.1 Å². The molecule has 7 bridgehead atoms. The van der Waals surface area contributed by atoms with Crippen molar-refractivity contribution < 1.29 is 33.9 Å². The fraction of sp³-hybridized carbons (Fsp3) is 0.351. The Morgan fingerprint density at radius 3 is 2.20 bits per heavy atom. The fourth-order valence-electron chi connectivity index (χ4n) is 7.86. The number of methoxy groups -OCH3 is 3. The lowest BCUT2D eigenvalue weighted by molar-refractivity contribution is 0.214. The minimum absolute atomic E-state index is 0.00942. The Morgan fingerprint density at radius 1 is 0.717 bits per heavy atom. The molecule has 0 spiro atoms. The molecule has 0 aromatic heterocycles. The Bertz CT molecular complexity index is 1900. The predicted molar refractivity (Wildman–Crippen MR) is 173 cm³/mol. The molecule has 9 heteroatoms. The van der Waals surface area contributed by atoms with Gasteiger partial charge < -0.3 is 33.9 Å². The molecular formula is C37H38N2O7. The Hall–Kier alpha value is -4.60. The largest absolute Gasteiger partial charge is 0.504 e. The summed E-state index contributed by atoms with van der Waals surface area (Å²) >= 11 is 0. The van der Waals surface area contributed by atoms with Gasteiger partial charge in [-0.05, 0) is 98.4 Å². The molecule has 4 heterocycles. The van der Waals surface area contributed by atoms with Gasteiger partial charge in [0.05, 0.1) is 21.3 Å². The molecule has 2 N–H and O–H groups in total. The van der Waals surface area contributed by atoms with Crippen LogP contribution in [0.2, 0.25) is 0 Å². The quantitative estimate of drug-likeness (QED) is 0.218. The summed E-state index contributed by atoms with van der Waals surface area (Å²) in [6, 6.07) is 13.8. The molecule has 0 radical (unpaired) electrons. The molecule has 2 atom stereocenters. The maximum absolute atomic E-state index is 11.2. The van der Waals surface area contributed by atoms with Gasteiger partial charge in [0.15, 0.2) is 34.5 Å². The maximum Gasteiger partial charge on any atom is 0.216 e. The predicted octanol–water partition coefficient (Wildman–Crippen LogP) is 6.55. The third kappa shape index (κ3) is 4.29. The number of phenolic OH excluding ortho intramolecular Hbond substituents is 2. The van der Waals surface area contributed by atoms with E-state index < -0.39 is 0 Å². The van der Waals surface area contributed by atoms with E-state index in [0.29, 0.717) is 58.7 Å². The van der Waals surface area contributed by atoms with E-state index in [4.69, 9.17) is 23.7 Å². The van der Waals surface area contributed by atoms with Gasteiger partial charge in [-0.2, -0.15) is 0 Å². The number of hydrogen-bond acceptors (Lipinski definition) is 9. The molecule has 8 rings (SSSR count). The van der Waals surface area contributed by atoms with Crippen LogP contribution in [0.15, 0.2) is 42.5 Å². The second-order valence-corrected chi connectivity index (χ2v) is 12.8. The van der Waals surface area contributed by atoms with Crippen LogP contribution in [0.25, 0.3) is 11.1 Å². The molecule has 4 aromatic rings. The Morgan fingerprint density at radius 2 is 1.41 bits per heavy atom. The Balaban J connectivity index is 1.43. The minimum Gasteiger partial charge on any atom is -0.504 e. The summed E-state index contributed by atoms with van der Waals surface area (Å²) in [5, 5.41) is 22.2. The first-order chi connectivity index (χ1) is 22.3. The van der Waals surface area contributed by atoms with Crippen LogP contribution in [0.1, 0.15) is 45.5 Å². The van der Waals surface area contributed by atoms with Crippen LogP contribution in [0, 0.1) is 0 Å². The molecule has 4 aromatic carbocycles. The number of fused-ring (bicyclic) bond motifs is 5. The highest BCUT2D eigenvalue weighted by molar-refractivity contribution is 5.79. The standard InChI is InChI=1S/C37H38N2O7/c1-38-10-8-21-17-30-31-18-23(21)26(38)15-20-13-25(33(41)28(40)16-20)24-12-19(6-7-29(24)42-3)14-27-32-22(9-11-39(27)2)34(43-4)36(44-5)37(46-30)35(32)45-31/h6-7,12-13,16-18,26-27,40-41H,8-11,14-15H2,1-5H3/t26-,27-/m0/s1. The number of aromatic hydroxyl groups is 2. The highest BCUT2D eigenvalue weighted by atomic mass is 16.6. The van der Waals surface area contributed by atoms with Crippen molar-refractivity contribution in [2.75, 3.05) is 48.5 Å². The first-order valence-corrected chi connectivity index (χ1v) is 15.7. The molecular weight excluding hydrogens is 584 g/mol. The van der Waals surface area contributed by atoms with Crippen molar-refractivity contribution >= 4 is 0 Å². The average Bonchev–Trinajstić information content (AvgIpc) is 3.06. The van der Waals surface area contributed by atoms with Crippen LogP contribution < -0.4 is 23.7 Å². The van der Waals surface area contributed by atoms with Crippen LogP contribution in [0.5, 0.6) is 51.7 Å². The second-order valence-electron chi connectivity index (χ2n) is 12.8. The first-order valence-electron chi connectivity index (χ1n) is 15.7. The molecule has 0 aliphatic carbocycles. The van der Waals surface area contributed by atoms with Crippen molar-refractivity contribution in [2.45, 2.75) is 37.8 Å². The van der Waals surface area contributed by atoms with Crippen LogP contribution in [0.3, 0.4) is 0 Å². The van der Waals surface area contributed by atoms with E-state index in [-0.39, 0.29) is 23.6 Å². The summed E-state index contributed by atoms with van der Waals surface area (Å²) in [6.07, 6.45) is 2.88. The summed E-state index contributed by atoms with van der Waals surface area (Å²) < 4.78 is 31.4. The summed E-state index contributed by atoms with van der Waals surface area (Å²) in [5.74, 6) is 4.02. The van der Waals surface area contributed by atoms with Gasteiger partial charge in [-0.1, -0.05) is 6.07 Å². The summed E-state index contributed by atoms with van der Waals surface area (Å²) in [6.45, 7) is 1.67. The van der Waals surface area contributed by atoms with Gasteiger partial charge in [-0.15, -0.1) is 0 Å². The van der Waals surface area contributed by atoms with E-state index in [9.17, 15) is 10.2 Å². The van der Waals surface area contributed by atoms with E-state index >= 15 is 0 Å². The van der Waals surface area contributed by atoms with Crippen LogP contribution in [0.4, 0.5) is 0 Å². The Kier molecular flexibility index (Phi) is 6.74.